The van der Waals surface area contributed by atoms with Crippen LogP contribution in [0.4, 0.5) is 30.5 Å². The predicted octanol–water partition coefficient (Wildman–Crippen LogP) is 2.67. The summed E-state index contributed by atoms with van der Waals surface area (Å²) in [5.74, 6) is 0.859. The van der Waals surface area contributed by atoms with Crippen molar-refractivity contribution in [1.82, 2.24) is 4.98 Å². The molecular weight excluding hydrogens is 319 g/mol. The third-order valence-corrected chi connectivity index (χ3v) is 3.06. The molecule has 5 nitrogen and oxygen atoms in total. The molecule has 0 unspecified atom stereocenters. The maximum Gasteiger partial charge on any atom is 0.417 e. The van der Waals surface area contributed by atoms with E-state index in [0.29, 0.717) is 24.6 Å². The highest BCUT2D eigenvalue weighted by atomic mass is 35.5. The van der Waals surface area contributed by atoms with Gasteiger partial charge in [-0.2, -0.15) is 13.2 Å². The third kappa shape index (κ3) is 4.14. The first kappa shape index (κ1) is 16.2. The minimum atomic E-state index is -4.46. The van der Waals surface area contributed by atoms with Gasteiger partial charge in [0, 0.05) is 6.20 Å². The van der Waals surface area contributed by atoms with Crippen molar-refractivity contribution >= 4 is 28.9 Å². The largest absolute Gasteiger partial charge is 0.417 e. The standard InChI is InChI=1S/C13H13ClF3N5/c14-9-6-8(13(15,16)17)7-22-11(9)20-4-5-21-12-10(18)2-1-3-19-12/h1-3,6-7H,4-5,18H2,(H,19,21)(H,20,22)/p+1. The van der Waals surface area contributed by atoms with E-state index in [0.717, 1.165) is 12.3 Å². The van der Waals surface area contributed by atoms with Gasteiger partial charge in [-0.05, 0) is 18.2 Å². The number of H-pyrrole nitrogens is 1. The van der Waals surface area contributed by atoms with Gasteiger partial charge in [0.2, 0.25) is 0 Å². The van der Waals surface area contributed by atoms with Gasteiger partial charge < -0.3 is 11.1 Å². The number of nitrogens with two attached hydrogens (primary N) is 1. The first-order valence-electron chi connectivity index (χ1n) is 6.34. The van der Waals surface area contributed by atoms with Crippen molar-refractivity contribution in [2.75, 3.05) is 29.5 Å². The summed E-state index contributed by atoms with van der Waals surface area (Å²) >= 11 is 5.79. The van der Waals surface area contributed by atoms with Crippen molar-refractivity contribution < 1.29 is 18.2 Å². The van der Waals surface area contributed by atoms with Crippen LogP contribution in [0.2, 0.25) is 5.02 Å². The molecule has 0 amide bonds. The van der Waals surface area contributed by atoms with Crippen LogP contribution in [0.25, 0.3) is 0 Å². The van der Waals surface area contributed by atoms with Crippen molar-refractivity contribution in [3.05, 3.63) is 41.2 Å². The van der Waals surface area contributed by atoms with Crippen LogP contribution in [0, 0.1) is 0 Å². The van der Waals surface area contributed by atoms with E-state index in [2.05, 4.69) is 20.6 Å². The van der Waals surface area contributed by atoms with Crippen molar-refractivity contribution in [3.63, 3.8) is 0 Å². The quantitative estimate of drug-likeness (QED) is 0.736. The molecule has 0 atom stereocenters. The number of pyridine rings is 2. The molecule has 0 aliphatic carbocycles. The van der Waals surface area contributed by atoms with Crippen LogP contribution in [-0.2, 0) is 6.18 Å². The summed E-state index contributed by atoms with van der Waals surface area (Å²) in [6, 6.07) is 4.35. The number of halogens is 4. The molecule has 22 heavy (non-hydrogen) atoms. The summed E-state index contributed by atoms with van der Waals surface area (Å²) in [5.41, 5.74) is 5.42. The first-order valence-corrected chi connectivity index (χ1v) is 6.72. The number of hydrogen-bond acceptors (Lipinski definition) is 4. The number of nitrogen functional groups attached to an aromatic ring is 1. The van der Waals surface area contributed by atoms with Crippen LogP contribution >= 0.6 is 11.6 Å². The average molecular weight is 333 g/mol. The van der Waals surface area contributed by atoms with Crippen LogP contribution in [0.3, 0.4) is 0 Å². The number of nitrogens with one attached hydrogen (secondary N) is 3. The van der Waals surface area contributed by atoms with Gasteiger partial charge in [-0.25, -0.2) is 9.97 Å². The van der Waals surface area contributed by atoms with Gasteiger partial charge in [0.15, 0.2) is 0 Å². The van der Waals surface area contributed by atoms with E-state index in [1.54, 1.807) is 18.3 Å². The summed E-state index contributed by atoms with van der Waals surface area (Å²) in [4.78, 5) is 6.62. The van der Waals surface area contributed by atoms with E-state index in [1.165, 1.54) is 0 Å². The number of rotatable bonds is 5. The van der Waals surface area contributed by atoms with E-state index in [4.69, 9.17) is 17.3 Å². The molecule has 5 N–H and O–H groups in total. The Bertz CT molecular complexity index is 648. The molecule has 9 heteroatoms. The Hall–Kier alpha value is -2.22. The van der Waals surface area contributed by atoms with E-state index in [-0.39, 0.29) is 10.8 Å². The number of alkyl halides is 3. The molecule has 0 aromatic carbocycles. The van der Waals surface area contributed by atoms with Crippen LogP contribution in [0.1, 0.15) is 5.56 Å². The molecule has 2 aromatic heterocycles. The highest BCUT2D eigenvalue weighted by molar-refractivity contribution is 6.32. The molecule has 2 heterocycles. The highest BCUT2D eigenvalue weighted by Crippen LogP contribution is 2.32. The molecule has 0 saturated heterocycles. The lowest BCUT2D eigenvalue weighted by Crippen LogP contribution is -2.20. The second kappa shape index (κ2) is 6.69. The summed E-state index contributed by atoms with van der Waals surface area (Å²) in [6.07, 6.45) is -2.00. The molecule has 118 valence electrons. The first-order chi connectivity index (χ1) is 10.4. The maximum atomic E-state index is 12.5. The summed E-state index contributed by atoms with van der Waals surface area (Å²) < 4.78 is 37.5. The Labute approximate surface area is 129 Å². The molecule has 2 rings (SSSR count). The van der Waals surface area contributed by atoms with Crippen LogP contribution in [0.5, 0.6) is 0 Å². The minimum Gasteiger partial charge on any atom is -0.392 e. The lowest BCUT2D eigenvalue weighted by Gasteiger charge is -2.10. The topological polar surface area (TPSA) is 77.1 Å². The smallest absolute Gasteiger partial charge is 0.392 e. The van der Waals surface area contributed by atoms with Gasteiger partial charge in [0.05, 0.1) is 23.3 Å². The predicted molar refractivity (Wildman–Crippen MR) is 78.6 cm³/mol. The van der Waals surface area contributed by atoms with Gasteiger partial charge >= 0.3 is 6.18 Å². The molecule has 0 aliphatic rings. The molecular formula is C13H14ClF3N5+. The SMILES string of the molecule is Nc1ccc[nH+]c1NCCNc1ncc(C(F)(F)F)cc1Cl. The molecule has 0 aliphatic heterocycles. The van der Waals surface area contributed by atoms with E-state index < -0.39 is 11.7 Å². The lowest BCUT2D eigenvalue weighted by molar-refractivity contribution is -0.360. The summed E-state index contributed by atoms with van der Waals surface area (Å²) in [7, 11) is 0. The number of aromatic nitrogens is 2. The zero-order valence-corrected chi connectivity index (χ0v) is 12.1. The Kier molecular flexibility index (Phi) is 4.92. The molecule has 0 radical (unpaired) electrons. The van der Waals surface area contributed by atoms with Crippen LogP contribution < -0.4 is 21.4 Å². The van der Waals surface area contributed by atoms with E-state index in [1.807, 2.05) is 0 Å². The number of nitrogens with zero attached hydrogens (tertiary/aromatic N) is 1. The van der Waals surface area contributed by atoms with Gasteiger partial charge in [0.25, 0.3) is 5.82 Å². The summed E-state index contributed by atoms with van der Waals surface area (Å²) in [6.45, 7) is 0.879. The Balaban J connectivity index is 1.89. The summed E-state index contributed by atoms with van der Waals surface area (Å²) in [5, 5.41) is 5.82. The molecule has 0 fully saturated rings. The Morgan fingerprint density at radius 1 is 1.27 bits per heavy atom. The second-order valence-corrected chi connectivity index (χ2v) is 4.81. The Morgan fingerprint density at radius 3 is 2.64 bits per heavy atom. The molecule has 0 saturated carbocycles. The van der Waals surface area contributed by atoms with Crippen molar-refractivity contribution in [2.24, 2.45) is 0 Å². The number of anilines is 3. The van der Waals surface area contributed by atoms with Crippen LogP contribution in [-0.4, -0.2) is 18.1 Å². The fourth-order valence-electron chi connectivity index (χ4n) is 1.69. The van der Waals surface area contributed by atoms with Crippen LogP contribution in [0.15, 0.2) is 30.6 Å². The normalized spacial score (nSPS) is 11.3. The van der Waals surface area contributed by atoms with Gasteiger partial charge in [-0.15, -0.1) is 0 Å². The third-order valence-electron chi connectivity index (χ3n) is 2.78. The van der Waals surface area contributed by atoms with Crippen molar-refractivity contribution in [2.45, 2.75) is 6.18 Å². The average Bonchev–Trinajstić information content (AvgIpc) is 2.45. The maximum absolute atomic E-state index is 12.5. The fraction of sp³-hybridized carbons (Fsp3) is 0.231. The van der Waals surface area contributed by atoms with Gasteiger partial charge in [0.1, 0.15) is 18.1 Å². The van der Waals surface area contributed by atoms with Gasteiger partial charge in [-0.1, -0.05) is 11.6 Å². The zero-order valence-electron chi connectivity index (χ0n) is 11.3. The number of aromatic amines is 1. The van der Waals surface area contributed by atoms with Gasteiger partial charge in [-0.3, -0.25) is 5.32 Å². The van der Waals surface area contributed by atoms with E-state index >= 15 is 0 Å². The highest BCUT2D eigenvalue weighted by Gasteiger charge is 2.31. The fourth-order valence-corrected chi connectivity index (χ4v) is 1.93. The monoisotopic (exact) mass is 332 g/mol. The van der Waals surface area contributed by atoms with Crippen molar-refractivity contribution in [1.29, 1.82) is 0 Å². The van der Waals surface area contributed by atoms with Crippen molar-refractivity contribution in [3.8, 4) is 0 Å². The number of hydrogen-bond donors (Lipinski definition) is 3. The lowest BCUT2D eigenvalue weighted by atomic mass is 10.3. The van der Waals surface area contributed by atoms with E-state index in [9.17, 15) is 13.2 Å². The minimum absolute atomic E-state index is 0.0828. The zero-order chi connectivity index (χ0) is 16.2. The second-order valence-electron chi connectivity index (χ2n) is 4.41. The Morgan fingerprint density at radius 2 is 2.00 bits per heavy atom. The molecule has 0 spiro atoms. The molecule has 2 aromatic rings. The molecule has 0 bridgehead atoms.